The molecule has 0 saturated heterocycles. The number of rotatable bonds is 2. The van der Waals surface area contributed by atoms with E-state index in [0.29, 0.717) is 0 Å². The molecule has 0 aliphatic carbocycles. The van der Waals surface area contributed by atoms with Crippen LogP contribution in [0.2, 0.25) is 0 Å². The van der Waals surface area contributed by atoms with Gasteiger partial charge < -0.3 is 4.90 Å². The van der Waals surface area contributed by atoms with Gasteiger partial charge in [0.2, 0.25) is 0 Å². The quantitative estimate of drug-likeness (QED) is 0.206. The average Bonchev–Trinajstić information content (AvgIpc) is 3.30. The lowest BCUT2D eigenvalue weighted by atomic mass is 9.73. The second-order valence-corrected chi connectivity index (χ2v) is 13.6. The second kappa shape index (κ2) is 8.33. The van der Waals surface area contributed by atoms with Crippen molar-refractivity contribution < 1.29 is 0 Å². The lowest BCUT2D eigenvalue weighted by Gasteiger charge is -2.44. The van der Waals surface area contributed by atoms with Crippen molar-refractivity contribution in [1.29, 1.82) is 0 Å². The molecule has 4 aromatic carbocycles. The second-order valence-electron chi connectivity index (χ2n) is 11.2. The Kier molecular flexibility index (Phi) is 5.21. The van der Waals surface area contributed by atoms with Gasteiger partial charge in [-0.3, -0.25) is 4.90 Å². The molecule has 0 atom stereocenters. The van der Waals surface area contributed by atoms with E-state index in [1.54, 1.807) is 11.3 Å². The maximum atomic E-state index is 3.89. The predicted octanol–water partition coefficient (Wildman–Crippen LogP) is 10.7. The molecule has 0 N–H and O–H groups in total. The third kappa shape index (κ3) is 3.23. The number of nitrogens with zero attached hydrogens (tertiary/aromatic N) is 2. The summed E-state index contributed by atoms with van der Waals surface area (Å²) in [6.07, 6.45) is 0. The molecule has 0 spiro atoms. The Morgan fingerprint density at radius 3 is 1.24 bits per heavy atom. The van der Waals surface area contributed by atoms with Gasteiger partial charge in [0.25, 0.3) is 0 Å². The van der Waals surface area contributed by atoms with Crippen LogP contribution in [-0.4, -0.2) is 0 Å². The summed E-state index contributed by atoms with van der Waals surface area (Å²) in [5.74, 6) is 0. The van der Waals surface area contributed by atoms with Gasteiger partial charge in [0, 0.05) is 10.8 Å². The molecule has 2 aliphatic heterocycles. The van der Waals surface area contributed by atoms with Gasteiger partial charge in [-0.25, -0.2) is 0 Å². The molecule has 188 valence electrons. The minimum Gasteiger partial charge on any atom is -0.307 e. The zero-order valence-corrected chi connectivity index (χ0v) is 24.4. The summed E-state index contributed by atoms with van der Waals surface area (Å²) in [7, 11) is 0. The van der Waals surface area contributed by atoms with Crippen LogP contribution in [0.3, 0.4) is 0 Å². The highest BCUT2D eigenvalue weighted by Gasteiger charge is 2.41. The molecule has 7 rings (SSSR count). The van der Waals surface area contributed by atoms with Gasteiger partial charge >= 0.3 is 0 Å². The first kappa shape index (κ1) is 23.8. The predicted molar refractivity (Wildman–Crippen MR) is 166 cm³/mol. The van der Waals surface area contributed by atoms with E-state index in [1.165, 1.54) is 55.7 Å². The zero-order chi connectivity index (χ0) is 26.2. The number of hydrogen-bond donors (Lipinski definition) is 0. The fraction of sp³-hybridized carbons (Fsp3) is 0.176. The highest BCUT2D eigenvalue weighted by molar-refractivity contribution is 9.11. The molecule has 2 aliphatic rings. The van der Waals surface area contributed by atoms with Crippen LogP contribution in [0.1, 0.15) is 49.9 Å². The number of thiophene rings is 1. The molecule has 1 aromatic heterocycles. The van der Waals surface area contributed by atoms with Gasteiger partial charge in [0.05, 0.1) is 32.2 Å². The Morgan fingerprint density at radius 2 is 0.842 bits per heavy atom. The van der Waals surface area contributed by atoms with Crippen molar-refractivity contribution >= 4 is 60.7 Å². The van der Waals surface area contributed by atoms with Crippen molar-refractivity contribution in [3.8, 4) is 0 Å². The first-order valence-corrected chi connectivity index (χ1v) is 14.7. The molecule has 0 fully saturated rings. The van der Waals surface area contributed by atoms with Gasteiger partial charge in [-0.15, -0.1) is 11.3 Å². The van der Waals surface area contributed by atoms with Crippen LogP contribution in [0, 0.1) is 0 Å². The number of para-hydroxylation sites is 4. The van der Waals surface area contributed by atoms with Gasteiger partial charge in [-0.05, 0) is 68.5 Å². The molecule has 0 unspecified atom stereocenters. The van der Waals surface area contributed by atoms with Crippen molar-refractivity contribution in [3.63, 3.8) is 0 Å². The van der Waals surface area contributed by atoms with Gasteiger partial charge in [0.1, 0.15) is 5.00 Å². The molecule has 0 amide bonds. The molecule has 0 saturated carbocycles. The van der Waals surface area contributed by atoms with E-state index in [-0.39, 0.29) is 10.8 Å². The Balaban J connectivity index is 1.53. The number of anilines is 6. The van der Waals surface area contributed by atoms with E-state index in [1.807, 2.05) is 0 Å². The van der Waals surface area contributed by atoms with Crippen LogP contribution < -0.4 is 9.80 Å². The van der Waals surface area contributed by atoms with Crippen molar-refractivity contribution in [2.24, 2.45) is 0 Å². The van der Waals surface area contributed by atoms with Crippen LogP contribution in [0.5, 0.6) is 0 Å². The first-order chi connectivity index (χ1) is 18.3. The molecule has 0 bridgehead atoms. The first-order valence-electron chi connectivity index (χ1n) is 13.1. The summed E-state index contributed by atoms with van der Waals surface area (Å²) in [6, 6.07) is 37.8. The lowest BCUT2D eigenvalue weighted by molar-refractivity contribution is 0.630. The van der Waals surface area contributed by atoms with Crippen LogP contribution >= 0.6 is 27.3 Å². The molecule has 4 heteroatoms. The summed E-state index contributed by atoms with van der Waals surface area (Å²) in [6.45, 7) is 9.36. The Bertz CT molecular complexity index is 1490. The van der Waals surface area contributed by atoms with Gasteiger partial charge in [-0.2, -0.15) is 0 Å². The smallest absolute Gasteiger partial charge is 0.126 e. The minimum absolute atomic E-state index is 0.0906. The molecule has 2 nitrogen and oxygen atoms in total. The number of fused-ring (bicyclic) bond motifs is 4. The van der Waals surface area contributed by atoms with E-state index in [0.717, 1.165) is 3.79 Å². The fourth-order valence-electron chi connectivity index (χ4n) is 6.48. The normalized spacial score (nSPS) is 16.3. The third-order valence-electron chi connectivity index (χ3n) is 8.38. The highest BCUT2D eigenvalue weighted by atomic mass is 79.9. The molecule has 5 aromatic rings. The zero-order valence-electron chi connectivity index (χ0n) is 22.0. The van der Waals surface area contributed by atoms with Crippen LogP contribution in [-0.2, 0) is 10.8 Å². The van der Waals surface area contributed by atoms with Crippen LogP contribution in [0.25, 0.3) is 0 Å². The summed E-state index contributed by atoms with van der Waals surface area (Å²) >= 11 is 5.68. The SMILES string of the molecule is CC1(C)c2ccccc2N(c2cc(Br)sc2N2c3ccccc3C(C)(C)c3ccccc32)c2ccccc21. The largest absolute Gasteiger partial charge is 0.307 e. The van der Waals surface area contributed by atoms with E-state index in [9.17, 15) is 0 Å². The van der Waals surface area contributed by atoms with E-state index in [2.05, 4.69) is 157 Å². The Labute approximate surface area is 237 Å². The van der Waals surface area contributed by atoms with Gasteiger partial charge in [0.15, 0.2) is 0 Å². The molecular weight excluding hydrogens is 548 g/mol. The maximum absolute atomic E-state index is 3.89. The minimum atomic E-state index is -0.0918. The summed E-state index contributed by atoms with van der Waals surface area (Å²) in [5.41, 5.74) is 11.3. The summed E-state index contributed by atoms with van der Waals surface area (Å²) in [4.78, 5) is 4.95. The van der Waals surface area contributed by atoms with Crippen molar-refractivity contribution in [3.05, 3.63) is 129 Å². The number of hydrogen-bond acceptors (Lipinski definition) is 3. The number of halogens is 1. The third-order valence-corrected chi connectivity index (χ3v) is 9.99. The Morgan fingerprint density at radius 1 is 0.500 bits per heavy atom. The summed E-state index contributed by atoms with van der Waals surface area (Å²) < 4.78 is 1.11. The standard InChI is InChI=1S/C34H29BrN2S/c1-33(2)22-13-5-9-17-26(22)36(27-18-10-6-14-23(27)33)30-21-31(35)38-32(30)37-28-19-11-7-15-24(28)34(3,4)25-16-8-12-20-29(25)37/h5-21H,1-4H3. The van der Waals surface area contributed by atoms with Gasteiger partial charge in [-0.1, -0.05) is 100 Å². The Hall–Kier alpha value is -3.34. The monoisotopic (exact) mass is 576 g/mol. The lowest BCUT2D eigenvalue weighted by Crippen LogP contribution is -2.32. The van der Waals surface area contributed by atoms with Crippen LogP contribution in [0.15, 0.2) is 107 Å². The maximum Gasteiger partial charge on any atom is 0.126 e. The highest BCUT2D eigenvalue weighted by Crippen LogP contribution is 2.59. The van der Waals surface area contributed by atoms with E-state index < -0.39 is 0 Å². The average molecular weight is 578 g/mol. The van der Waals surface area contributed by atoms with E-state index >= 15 is 0 Å². The number of benzene rings is 4. The van der Waals surface area contributed by atoms with Crippen molar-refractivity contribution in [2.75, 3.05) is 9.80 Å². The summed E-state index contributed by atoms with van der Waals surface area (Å²) in [5, 5.41) is 1.21. The fourth-order valence-corrected chi connectivity index (χ4v) is 8.06. The molecule has 38 heavy (non-hydrogen) atoms. The van der Waals surface area contributed by atoms with Crippen molar-refractivity contribution in [2.45, 2.75) is 38.5 Å². The molecule has 3 heterocycles. The molecule has 0 radical (unpaired) electrons. The molecular formula is C34H29BrN2S. The topological polar surface area (TPSA) is 6.48 Å². The van der Waals surface area contributed by atoms with Crippen molar-refractivity contribution in [1.82, 2.24) is 0 Å². The van der Waals surface area contributed by atoms with E-state index in [4.69, 9.17) is 0 Å². The van der Waals surface area contributed by atoms with Crippen LogP contribution in [0.4, 0.5) is 33.4 Å².